The van der Waals surface area contributed by atoms with E-state index in [4.69, 9.17) is 4.74 Å². The molecule has 0 aliphatic heterocycles. The molecule has 0 atom stereocenters. The minimum absolute atomic E-state index is 0.170. The highest BCUT2D eigenvalue weighted by Gasteiger charge is 2.38. The van der Waals surface area contributed by atoms with Gasteiger partial charge in [0.2, 0.25) is 0 Å². The molecule has 0 fully saturated rings. The van der Waals surface area contributed by atoms with Gasteiger partial charge in [-0.1, -0.05) is 64.5 Å². The lowest BCUT2D eigenvalue weighted by atomic mass is 9.86. The largest absolute Gasteiger partial charge is 0.374 e. The molecule has 2 rings (SSSR count). The number of halogens is 1. The molecule has 0 heterocycles. The van der Waals surface area contributed by atoms with E-state index in [1.807, 2.05) is 60.7 Å². The number of nitrogens with zero attached hydrogens (tertiary/aromatic N) is 1. The van der Waals surface area contributed by atoms with Crippen molar-refractivity contribution >= 4 is 10.4 Å². The van der Waals surface area contributed by atoms with Crippen LogP contribution in [0.2, 0.25) is 0 Å². The molecule has 22 heavy (non-hydrogen) atoms. The van der Waals surface area contributed by atoms with E-state index in [0.717, 1.165) is 11.1 Å². The van der Waals surface area contributed by atoms with E-state index in [1.165, 1.54) is 14.2 Å². The molecular formula is C16H18FNO3S. The minimum Gasteiger partial charge on any atom is -0.367 e. The van der Waals surface area contributed by atoms with Crippen molar-refractivity contribution in [1.29, 1.82) is 0 Å². The zero-order valence-corrected chi connectivity index (χ0v) is 13.3. The molecule has 0 saturated carbocycles. The minimum atomic E-state index is -4.81. The highest BCUT2D eigenvalue weighted by Crippen LogP contribution is 2.34. The van der Waals surface area contributed by atoms with E-state index >= 15 is 0 Å². The van der Waals surface area contributed by atoms with Crippen molar-refractivity contribution in [2.45, 2.75) is 5.60 Å². The maximum atomic E-state index is 13.3. The SMILES string of the molecule is COC(CN(C)S(=O)(=O)F)(c1ccccc1)c1ccccc1. The standard InChI is InChI=1S/C16H18FNO3S/c1-18(22(17,19)20)13-16(21-2,14-9-5-3-6-10-14)15-11-7-4-8-12-15/h3-12H,13H2,1-2H3. The Bertz CT molecular complexity index is 665. The summed E-state index contributed by atoms with van der Waals surface area (Å²) in [6, 6.07) is 18.3. The molecule has 6 heteroatoms. The molecule has 0 aromatic heterocycles. The molecule has 0 bridgehead atoms. The van der Waals surface area contributed by atoms with Gasteiger partial charge in [-0.15, -0.1) is 0 Å². The maximum Gasteiger partial charge on any atom is 0.374 e. The third kappa shape index (κ3) is 3.35. The number of methoxy groups -OCH3 is 1. The molecule has 0 saturated heterocycles. The molecule has 0 spiro atoms. The Kier molecular flexibility index (Phi) is 4.95. The van der Waals surface area contributed by atoms with E-state index in [-0.39, 0.29) is 6.54 Å². The van der Waals surface area contributed by atoms with Crippen LogP contribution in [0.3, 0.4) is 0 Å². The summed E-state index contributed by atoms with van der Waals surface area (Å²) in [4.78, 5) is 0. The van der Waals surface area contributed by atoms with Gasteiger partial charge in [0, 0.05) is 14.2 Å². The van der Waals surface area contributed by atoms with Crippen LogP contribution in [0.4, 0.5) is 3.89 Å². The second-order valence-electron chi connectivity index (χ2n) is 4.96. The van der Waals surface area contributed by atoms with Crippen LogP contribution < -0.4 is 0 Å². The van der Waals surface area contributed by atoms with Gasteiger partial charge in [-0.3, -0.25) is 0 Å². The number of hydrogen-bond donors (Lipinski definition) is 0. The van der Waals surface area contributed by atoms with Crippen molar-refractivity contribution in [3.8, 4) is 0 Å². The predicted octanol–water partition coefficient (Wildman–Crippen LogP) is 2.72. The lowest BCUT2D eigenvalue weighted by molar-refractivity contribution is 0.00984. The average Bonchev–Trinajstić information content (AvgIpc) is 2.53. The number of rotatable bonds is 6. The van der Waals surface area contributed by atoms with Crippen LogP contribution in [0.15, 0.2) is 60.7 Å². The molecular weight excluding hydrogens is 305 g/mol. The van der Waals surface area contributed by atoms with Crippen LogP contribution in [-0.2, 0) is 20.7 Å². The molecule has 0 aliphatic rings. The van der Waals surface area contributed by atoms with Gasteiger partial charge < -0.3 is 4.74 Å². The molecule has 2 aromatic carbocycles. The van der Waals surface area contributed by atoms with Crippen LogP contribution in [0.5, 0.6) is 0 Å². The van der Waals surface area contributed by atoms with Gasteiger partial charge in [0.1, 0.15) is 5.60 Å². The smallest absolute Gasteiger partial charge is 0.367 e. The van der Waals surface area contributed by atoms with E-state index in [9.17, 15) is 12.3 Å². The Morgan fingerprint density at radius 1 is 1.00 bits per heavy atom. The van der Waals surface area contributed by atoms with Crippen molar-refractivity contribution in [3.63, 3.8) is 0 Å². The summed E-state index contributed by atoms with van der Waals surface area (Å²) in [5.74, 6) is 0. The van der Waals surface area contributed by atoms with Gasteiger partial charge in [-0.25, -0.2) is 0 Å². The molecule has 118 valence electrons. The second kappa shape index (κ2) is 6.56. The maximum absolute atomic E-state index is 13.3. The van der Waals surface area contributed by atoms with Gasteiger partial charge in [-0.05, 0) is 11.1 Å². The number of benzene rings is 2. The monoisotopic (exact) mass is 323 g/mol. The summed E-state index contributed by atoms with van der Waals surface area (Å²) < 4.78 is 42.1. The normalized spacial score (nSPS) is 12.5. The van der Waals surface area contributed by atoms with Gasteiger partial charge in [-0.2, -0.15) is 12.7 Å². The fraction of sp³-hybridized carbons (Fsp3) is 0.250. The van der Waals surface area contributed by atoms with Crippen LogP contribution in [-0.4, -0.2) is 33.4 Å². The van der Waals surface area contributed by atoms with E-state index < -0.39 is 16.0 Å². The first kappa shape index (κ1) is 16.6. The summed E-state index contributed by atoms with van der Waals surface area (Å²) in [6.45, 7) is -0.170. The van der Waals surface area contributed by atoms with Crippen molar-refractivity contribution in [3.05, 3.63) is 71.8 Å². The van der Waals surface area contributed by atoms with Crippen LogP contribution in [0.1, 0.15) is 11.1 Å². The highest BCUT2D eigenvalue weighted by atomic mass is 32.3. The summed E-state index contributed by atoms with van der Waals surface area (Å²) in [5.41, 5.74) is 0.412. The zero-order valence-electron chi connectivity index (χ0n) is 12.4. The number of ether oxygens (including phenoxy) is 1. The summed E-state index contributed by atoms with van der Waals surface area (Å²) >= 11 is 0. The number of hydrogen-bond acceptors (Lipinski definition) is 3. The van der Waals surface area contributed by atoms with E-state index in [2.05, 4.69) is 0 Å². The zero-order chi connectivity index (χ0) is 16.2. The molecule has 0 N–H and O–H groups in total. The van der Waals surface area contributed by atoms with Crippen LogP contribution in [0.25, 0.3) is 0 Å². The van der Waals surface area contributed by atoms with Gasteiger partial charge in [0.25, 0.3) is 0 Å². The molecule has 4 nitrogen and oxygen atoms in total. The summed E-state index contributed by atoms with van der Waals surface area (Å²) in [7, 11) is -2.13. The average molecular weight is 323 g/mol. The summed E-state index contributed by atoms with van der Waals surface area (Å²) in [5, 5.41) is 0. The first-order valence-electron chi connectivity index (χ1n) is 6.72. The van der Waals surface area contributed by atoms with Crippen molar-refractivity contribution in [2.75, 3.05) is 20.7 Å². The fourth-order valence-corrected chi connectivity index (χ4v) is 2.79. The highest BCUT2D eigenvalue weighted by molar-refractivity contribution is 7.83. The topological polar surface area (TPSA) is 46.6 Å². The van der Waals surface area contributed by atoms with Gasteiger partial charge in [0.15, 0.2) is 0 Å². The lowest BCUT2D eigenvalue weighted by Gasteiger charge is -2.35. The second-order valence-corrected chi connectivity index (χ2v) is 6.41. The third-order valence-electron chi connectivity index (χ3n) is 3.65. The molecule has 0 unspecified atom stereocenters. The third-order valence-corrected chi connectivity index (χ3v) is 4.52. The van der Waals surface area contributed by atoms with Gasteiger partial charge in [0.05, 0.1) is 6.54 Å². The molecule has 0 amide bonds. The Morgan fingerprint density at radius 2 is 1.41 bits per heavy atom. The first-order valence-corrected chi connectivity index (χ1v) is 8.06. The first-order chi connectivity index (χ1) is 10.4. The van der Waals surface area contributed by atoms with E-state index in [0.29, 0.717) is 4.31 Å². The predicted molar refractivity (Wildman–Crippen MR) is 83.3 cm³/mol. The van der Waals surface area contributed by atoms with Crippen LogP contribution in [0, 0.1) is 0 Å². The lowest BCUT2D eigenvalue weighted by Crippen LogP contribution is -2.43. The molecule has 0 radical (unpaired) electrons. The Morgan fingerprint density at radius 3 is 1.73 bits per heavy atom. The summed E-state index contributed by atoms with van der Waals surface area (Å²) in [6.07, 6.45) is 0. The van der Waals surface area contributed by atoms with Gasteiger partial charge >= 0.3 is 10.4 Å². The van der Waals surface area contributed by atoms with Crippen molar-refractivity contribution in [1.82, 2.24) is 4.31 Å². The fourth-order valence-electron chi connectivity index (χ4n) is 2.45. The van der Waals surface area contributed by atoms with Crippen molar-refractivity contribution in [2.24, 2.45) is 0 Å². The quantitative estimate of drug-likeness (QED) is 0.768. The molecule has 2 aromatic rings. The van der Waals surface area contributed by atoms with Crippen molar-refractivity contribution < 1.29 is 17.0 Å². The van der Waals surface area contributed by atoms with Crippen LogP contribution >= 0.6 is 0 Å². The molecule has 0 aliphatic carbocycles. The Labute approximate surface area is 130 Å². The Hall–Kier alpha value is -1.76. The van der Waals surface area contributed by atoms with E-state index in [1.54, 1.807) is 0 Å². The Balaban J connectivity index is 2.58. The number of likely N-dealkylation sites (N-methyl/N-ethyl adjacent to an activating group) is 1.